The Morgan fingerprint density at radius 1 is 0.476 bits per heavy atom. The summed E-state index contributed by atoms with van der Waals surface area (Å²) < 4.78 is 120. The van der Waals surface area contributed by atoms with Crippen LogP contribution in [0.25, 0.3) is 0 Å². The van der Waals surface area contributed by atoms with E-state index in [1.165, 1.54) is 27.0 Å². The molecule has 21 nitrogen and oxygen atoms in total. The Kier molecular flexibility index (Phi) is 36.5. The minimum atomic E-state index is -4.10. The van der Waals surface area contributed by atoms with Crippen molar-refractivity contribution in [1.29, 1.82) is 0 Å². The third-order valence-electron chi connectivity index (χ3n) is 6.94. The minimum Gasteiger partial charge on any atom is -0.381 e. The van der Waals surface area contributed by atoms with Gasteiger partial charge in [-0.1, -0.05) is 39.2 Å². The number of amides is 4. The van der Waals surface area contributed by atoms with Gasteiger partial charge in [-0.05, 0) is 73.6 Å². The van der Waals surface area contributed by atoms with Crippen LogP contribution in [0.1, 0.15) is 86.5 Å². The summed E-state index contributed by atoms with van der Waals surface area (Å²) in [5, 5.41) is 10.2. The first-order chi connectivity index (χ1) is 28.5. The zero-order valence-corrected chi connectivity index (χ0v) is 41.0. The Balaban J connectivity index is -0.000000374. The van der Waals surface area contributed by atoms with E-state index in [0.29, 0.717) is 56.1 Å². The van der Waals surface area contributed by atoms with E-state index in [-0.39, 0.29) is 66.5 Å². The van der Waals surface area contributed by atoms with Gasteiger partial charge in [0.15, 0.2) is 0 Å². The number of sulfone groups is 1. The van der Waals surface area contributed by atoms with Crippen molar-refractivity contribution in [2.75, 3.05) is 75.3 Å². The minimum absolute atomic E-state index is 0.0841. The van der Waals surface area contributed by atoms with Gasteiger partial charge in [0.1, 0.15) is 9.84 Å². The number of carbonyl (C=O) groups excluding carboxylic acids is 4. The zero-order chi connectivity index (χ0) is 50.1. The van der Waals surface area contributed by atoms with Crippen LogP contribution in [-0.2, 0) is 68.8 Å². The maximum absolute atomic E-state index is 11.2. The SMILES string of the molecule is C=C(C)C(=O)NC(C)(C)CS(=O)(=O)O.C=C(C)C(=O)NCCCCCCOCCCS(C)(=O)=O.C=C(C)C(=O)NCCCS(=O)(=O)O.C=C(C)C(=O)NCCOCCCS(=O)(=O)O. The molecule has 63 heavy (non-hydrogen) atoms. The lowest BCUT2D eigenvalue weighted by molar-refractivity contribution is -0.119. The third kappa shape index (κ3) is 56.4. The van der Waals surface area contributed by atoms with Crippen molar-refractivity contribution < 1.29 is 76.0 Å². The second-order valence-electron chi connectivity index (χ2n) is 14.9. The summed E-state index contributed by atoms with van der Waals surface area (Å²) >= 11 is 0. The molecule has 0 rings (SSSR count). The topological polar surface area (TPSA) is 332 Å². The molecule has 0 unspecified atom stereocenters. The van der Waals surface area contributed by atoms with Gasteiger partial charge in [0.2, 0.25) is 23.6 Å². The fourth-order valence-electron chi connectivity index (χ4n) is 3.91. The van der Waals surface area contributed by atoms with Gasteiger partial charge in [0, 0.05) is 68.0 Å². The summed E-state index contributed by atoms with van der Waals surface area (Å²) in [5.41, 5.74) is 0.600. The predicted molar refractivity (Wildman–Crippen MR) is 243 cm³/mol. The number of unbranched alkanes of at least 4 members (excludes halogenated alkanes) is 3. The highest BCUT2D eigenvalue weighted by molar-refractivity contribution is 7.90. The second kappa shape index (κ2) is 34.8. The Bertz CT molecular complexity index is 1910. The van der Waals surface area contributed by atoms with Gasteiger partial charge >= 0.3 is 0 Å². The van der Waals surface area contributed by atoms with Crippen molar-refractivity contribution in [2.24, 2.45) is 0 Å². The molecule has 0 saturated heterocycles. The van der Waals surface area contributed by atoms with Crippen molar-refractivity contribution in [3.05, 3.63) is 48.6 Å². The molecule has 7 N–H and O–H groups in total. The first-order valence-electron chi connectivity index (χ1n) is 19.5. The summed E-state index contributed by atoms with van der Waals surface area (Å²) in [6, 6.07) is 0. The molecule has 0 aliphatic rings. The fraction of sp³-hybridized carbons (Fsp3) is 0.684. The lowest BCUT2D eigenvalue weighted by atomic mass is 10.1. The predicted octanol–water partition coefficient (Wildman–Crippen LogP) is 1.97. The molecule has 25 heteroatoms. The molecule has 0 fully saturated rings. The number of hydrogen-bond acceptors (Lipinski definition) is 14. The van der Waals surface area contributed by atoms with Gasteiger partial charge < -0.3 is 30.7 Å². The van der Waals surface area contributed by atoms with Crippen molar-refractivity contribution >= 4 is 63.8 Å². The van der Waals surface area contributed by atoms with Crippen molar-refractivity contribution in [2.45, 2.75) is 92.0 Å². The molecule has 4 amide bonds. The first-order valence-corrected chi connectivity index (χ1v) is 26.4. The van der Waals surface area contributed by atoms with Crippen molar-refractivity contribution in [3.63, 3.8) is 0 Å². The molecule has 0 bridgehead atoms. The quantitative estimate of drug-likeness (QED) is 0.0320. The Hall–Kier alpha value is -3.56. The summed E-state index contributed by atoms with van der Waals surface area (Å²) in [6.07, 6.45) is 6.23. The highest BCUT2D eigenvalue weighted by Gasteiger charge is 2.26. The van der Waals surface area contributed by atoms with E-state index in [2.05, 4.69) is 47.6 Å². The van der Waals surface area contributed by atoms with Crippen molar-refractivity contribution in [1.82, 2.24) is 21.3 Å². The van der Waals surface area contributed by atoms with Gasteiger partial charge in [-0.15, -0.1) is 0 Å². The van der Waals surface area contributed by atoms with Crippen LogP contribution in [-0.4, -0.2) is 152 Å². The van der Waals surface area contributed by atoms with Crippen molar-refractivity contribution in [3.8, 4) is 0 Å². The average molecular weight is 985 g/mol. The number of ether oxygens (including phenoxy) is 2. The molecule has 0 aromatic carbocycles. The molecule has 0 spiro atoms. The molecule has 0 atom stereocenters. The van der Waals surface area contributed by atoms with E-state index < -0.39 is 57.4 Å². The maximum Gasteiger partial charge on any atom is 0.267 e. The molecule has 0 aliphatic carbocycles. The van der Waals surface area contributed by atoms with Gasteiger partial charge in [-0.3, -0.25) is 32.8 Å². The maximum atomic E-state index is 11.2. The van der Waals surface area contributed by atoms with Gasteiger partial charge in [-0.25, -0.2) is 8.42 Å². The van der Waals surface area contributed by atoms with Crippen LogP contribution in [0, 0.1) is 0 Å². The number of carbonyl (C=O) groups is 4. The monoisotopic (exact) mass is 984 g/mol. The summed E-state index contributed by atoms with van der Waals surface area (Å²) in [7, 11) is -14.8. The number of nitrogens with one attached hydrogen (secondary N) is 4. The lowest BCUT2D eigenvalue weighted by Gasteiger charge is -2.24. The lowest BCUT2D eigenvalue weighted by Crippen LogP contribution is -2.48. The molecular weight excluding hydrogens is 913 g/mol. The third-order valence-corrected chi connectivity index (χ3v) is 10.7. The fourth-order valence-corrected chi connectivity index (χ4v) is 6.53. The zero-order valence-electron chi connectivity index (χ0n) is 37.7. The van der Waals surface area contributed by atoms with Crippen LogP contribution < -0.4 is 21.3 Å². The van der Waals surface area contributed by atoms with Crippen LogP contribution in [0.15, 0.2) is 48.6 Å². The molecule has 0 saturated carbocycles. The van der Waals surface area contributed by atoms with Crippen LogP contribution in [0.2, 0.25) is 0 Å². The van der Waals surface area contributed by atoms with Gasteiger partial charge in [0.25, 0.3) is 30.4 Å². The van der Waals surface area contributed by atoms with E-state index in [1.807, 2.05) is 0 Å². The van der Waals surface area contributed by atoms with Crippen LogP contribution in [0.4, 0.5) is 0 Å². The van der Waals surface area contributed by atoms with E-state index >= 15 is 0 Å². The Labute approximate surface area is 375 Å². The van der Waals surface area contributed by atoms with E-state index in [1.54, 1.807) is 20.8 Å². The van der Waals surface area contributed by atoms with Gasteiger partial charge in [0.05, 0.1) is 35.2 Å². The second-order valence-corrected chi connectivity index (χ2v) is 21.7. The molecule has 0 radical (unpaired) electrons. The Morgan fingerprint density at radius 3 is 1.22 bits per heavy atom. The number of hydrogen-bond donors (Lipinski definition) is 7. The first kappa shape index (κ1) is 66.0. The standard InChI is InChI=1S/C14H27NO4S.C9H17NO5S.C8H15NO4S.C7H13NO4S/c1-13(2)14(16)15-9-6-4-5-7-10-19-11-8-12-20(3,17)18;1-8(2)9(11)10-4-6-15-5-3-7-16(12,13)14;1-6(2)7(10)9-8(3,4)5-14(11,12)13;1-6(2)7(9)8-4-3-5-13(10,11)12/h1,4-12H2,2-3H3,(H,15,16);1,3-7H2,2H3,(H,10,11)(H,12,13,14);1,5H2,2-4H3,(H,9,10)(H,11,12,13);1,3-5H2,2H3,(H,8,9)(H,10,11,12). The van der Waals surface area contributed by atoms with Crippen LogP contribution in [0.3, 0.4) is 0 Å². The van der Waals surface area contributed by atoms with Gasteiger partial charge in [-0.2, -0.15) is 25.3 Å². The Morgan fingerprint density at radius 2 is 0.825 bits per heavy atom. The molecule has 0 aliphatic heterocycles. The molecular formula is C38H72N4O17S4. The van der Waals surface area contributed by atoms with Crippen LogP contribution >= 0.6 is 0 Å². The summed E-state index contributed by atoms with van der Waals surface area (Å²) in [4.78, 5) is 44.2. The smallest absolute Gasteiger partial charge is 0.267 e. The normalized spacial score (nSPS) is 11.4. The molecule has 0 heterocycles. The highest BCUT2D eigenvalue weighted by Crippen LogP contribution is 2.07. The summed E-state index contributed by atoms with van der Waals surface area (Å²) in [5.74, 6) is -2.06. The molecule has 0 aromatic rings. The van der Waals surface area contributed by atoms with E-state index in [0.717, 1.165) is 25.7 Å². The summed E-state index contributed by atoms with van der Waals surface area (Å²) in [6.45, 7) is 26.1. The molecule has 370 valence electrons. The largest absolute Gasteiger partial charge is 0.381 e. The number of rotatable bonds is 29. The van der Waals surface area contributed by atoms with Crippen LogP contribution in [0.5, 0.6) is 0 Å². The molecule has 0 aromatic heterocycles. The van der Waals surface area contributed by atoms with E-state index in [4.69, 9.17) is 23.1 Å². The highest BCUT2D eigenvalue weighted by atomic mass is 32.2. The average Bonchev–Trinajstić information content (AvgIpc) is 3.09. The van der Waals surface area contributed by atoms with E-state index in [9.17, 15) is 52.8 Å².